The van der Waals surface area contributed by atoms with Crippen molar-refractivity contribution in [1.82, 2.24) is 9.88 Å². The summed E-state index contributed by atoms with van der Waals surface area (Å²) in [6.07, 6.45) is 0. The summed E-state index contributed by atoms with van der Waals surface area (Å²) in [5.74, 6) is -0.0969. The molecule has 5 heteroatoms. The number of amides is 1. The Balaban J connectivity index is 2.28. The SMILES string of the molecule is Cc1nc(-c2cccc(C(=O)N(C)C(C)CO)c2)cs1. The molecule has 0 aliphatic heterocycles. The minimum Gasteiger partial charge on any atom is -0.394 e. The molecule has 1 atom stereocenters. The van der Waals surface area contributed by atoms with Gasteiger partial charge in [-0.05, 0) is 26.0 Å². The molecular formula is C15H18N2O2S. The third kappa shape index (κ3) is 3.05. The molecule has 2 aromatic rings. The third-order valence-electron chi connectivity index (χ3n) is 3.27. The van der Waals surface area contributed by atoms with E-state index in [0.29, 0.717) is 5.56 Å². The molecule has 0 radical (unpaired) electrons. The van der Waals surface area contributed by atoms with Gasteiger partial charge in [0.2, 0.25) is 0 Å². The molecular weight excluding hydrogens is 272 g/mol. The van der Waals surface area contributed by atoms with Gasteiger partial charge in [0.1, 0.15) is 0 Å². The van der Waals surface area contributed by atoms with Crippen LogP contribution in [0.5, 0.6) is 0 Å². The molecule has 0 aliphatic rings. The van der Waals surface area contributed by atoms with E-state index in [4.69, 9.17) is 5.11 Å². The van der Waals surface area contributed by atoms with Crippen LogP contribution in [0, 0.1) is 6.92 Å². The monoisotopic (exact) mass is 290 g/mol. The zero-order chi connectivity index (χ0) is 14.7. The van der Waals surface area contributed by atoms with Crippen molar-refractivity contribution >= 4 is 17.2 Å². The van der Waals surface area contributed by atoms with Gasteiger partial charge in [-0.2, -0.15) is 0 Å². The predicted molar refractivity (Wildman–Crippen MR) is 80.9 cm³/mol. The van der Waals surface area contributed by atoms with Gasteiger partial charge in [0.15, 0.2) is 0 Å². The molecule has 0 fully saturated rings. The number of aryl methyl sites for hydroxylation is 1. The van der Waals surface area contributed by atoms with Crippen LogP contribution in [0.1, 0.15) is 22.3 Å². The van der Waals surface area contributed by atoms with Crippen molar-refractivity contribution in [3.63, 3.8) is 0 Å². The second-order valence-corrected chi connectivity index (χ2v) is 5.84. The van der Waals surface area contributed by atoms with E-state index in [1.54, 1.807) is 29.4 Å². The first-order valence-corrected chi connectivity index (χ1v) is 7.31. The Bertz CT molecular complexity index is 609. The Morgan fingerprint density at radius 1 is 1.50 bits per heavy atom. The number of carbonyl (C=O) groups excluding carboxylic acids is 1. The summed E-state index contributed by atoms with van der Waals surface area (Å²) in [6, 6.07) is 7.23. The lowest BCUT2D eigenvalue weighted by Gasteiger charge is -2.23. The minimum atomic E-state index is -0.201. The molecule has 1 unspecified atom stereocenters. The number of benzene rings is 1. The summed E-state index contributed by atoms with van der Waals surface area (Å²) in [7, 11) is 1.70. The quantitative estimate of drug-likeness (QED) is 0.941. The molecule has 1 aromatic heterocycles. The number of thiazole rings is 1. The van der Waals surface area contributed by atoms with Gasteiger partial charge >= 0.3 is 0 Å². The van der Waals surface area contributed by atoms with Crippen molar-refractivity contribution in [3.05, 3.63) is 40.2 Å². The smallest absolute Gasteiger partial charge is 0.253 e. The largest absolute Gasteiger partial charge is 0.394 e. The standard InChI is InChI=1S/C15H18N2O2S/c1-10(8-18)17(3)15(19)13-6-4-5-12(7-13)14-9-20-11(2)16-14/h4-7,9-10,18H,8H2,1-3H3. The van der Waals surface area contributed by atoms with Crippen molar-refractivity contribution < 1.29 is 9.90 Å². The average Bonchev–Trinajstić information content (AvgIpc) is 2.91. The van der Waals surface area contributed by atoms with Crippen LogP contribution in [-0.4, -0.2) is 40.6 Å². The third-order valence-corrected chi connectivity index (χ3v) is 4.04. The Labute approximate surface area is 122 Å². The van der Waals surface area contributed by atoms with Gasteiger partial charge in [0, 0.05) is 23.6 Å². The number of carbonyl (C=O) groups is 1. The lowest BCUT2D eigenvalue weighted by atomic mass is 10.1. The highest BCUT2D eigenvalue weighted by atomic mass is 32.1. The Kier molecular flexibility index (Phi) is 4.52. The number of hydrogen-bond acceptors (Lipinski definition) is 4. The summed E-state index contributed by atoms with van der Waals surface area (Å²) >= 11 is 1.59. The summed E-state index contributed by atoms with van der Waals surface area (Å²) in [6.45, 7) is 3.72. The van der Waals surface area contributed by atoms with Crippen molar-refractivity contribution in [1.29, 1.82) is 0 Å². The topological polar surface area (TPSA) is 53.4 Å². The number of aliphatic hydroxyl groups is 1. The van der Waals surface area contributed by atoms with Gasteiger partial charge in [0.25, 0.3) is 5.91 Å². The maximum absolute atomic E-state index is 12.3. The first-order chi connectivity index (χ1) is 9.52. The van der Waals surface area contributed by atoms with Gasteiger partial charge in [0.05, 0.1) is 23.4 Å². The fourth-order valence-corrected chi connectivity index (χ4v) is 2.46. The van der Waals surface area contributed by atoms with Crippen LogP contribution in [0.15, 0.2) is 29.6 Å². The van der Waals surface area contributed by atoms with Gasteiger partial charge in [-0.15, -0.1) is 11.3 Å². The van der Waals surface area contributed by atoms with Crippen molar-refractivity contribution in [2.24, 2.45) is 0 Å². The van der Waals surface area contributed by atoms with Crippen molar-refractivity contribution in [3.8, 4) is 11.3 Å². The van der Waals surface area contributed by atoms with Crippen LogP contribution < -0.4 is 0 Å². The Morgan fingerprint density at radius 2 is 2.25 bits per heavy atom. The molecule has 0 spiro atoms. The van der Waals surface area contributed by atoms with E-state index in [9.17, 15) is 4.79 Å². The van der Waals surface area contributed by atoms with Gasteiger partial charge < -0.3 is 10.0 Å². The van der Waals surface area contributed by atoms with Crippen LogP contribution in [0.4, 0.5) is 0 Å². The molecule has 0 bridgehead atoms. The number of likely N-dealkylation sites (N-methyl/N-ethyl adjacent to an activating group) is 1. The van der Waals surface area contributed by atoms with E-state index in [1.165, 1.54) is 0 Å². The van der Waals surface area contributed by atoms with Crippen LogP contribution in [0.25, 0.3) is 11.3 Å². The van der Waals surface area contributed by atoms with Crippen molar-refractivity contribution in [2.75, 3.05) is 13.7 Å². The molecule has 20 heavy (non-hydrogen) atoms. The number of rotatable bonds is 4. The first-order valence-electron chi connectivity index (χ1n) is 6.43. The Hall–Kier alpha value is -1.72. The van der Waals surface area contributed by atoms with E-state index in [2.05, 4.69) is 4.98 Å². The molecule has 1 N–H and O–H groups in total. The summed E-state index contributed by atoms with van der Waals surface area (Å²) < 4.78 is 0. The zero-order valence-corrected chi connectivity index (χ0v) is 12.6. The van der Waals surface area contributed by atoms with Crippen LogP contribution >= 0.6 is 11.3 Å². The summed E-state index contributed by atoms with van der Waals surface area (Å²) in [4.78, 5) is 18.3. The van der Waals surface area contributed by atoms with E-state index >= 15 is 0 Å². The average molecular weight is 290 g/mol. The normalized spacial score (nSPS) is 12.2. The van der Waals surface area contributed by atoms with Crippen molar-refractivity contribution in [2.45, 2.75) is 19.9 Å². The maximum Gasteiger partial charge on any atom is 0.253 e. The summed E-state index contributed by atoms with van der Waals surface area (Å²) in [5, 5.41) is 12.1. The lowest BCUT2D eigenvalue weighted by Crippen LogP contribution is -2.37. The second kappa shape index (κ2) is 6.15. The number of aromatic nitrogens is 1. The van der Waals surface area contributed by atoms with Crippen LogP contribution in [0.2, 0.25) is 0 Å². The zero-order valence-electron chi connectivity index (χ0n) is 11.8. The number of nitrogens with zero attached hydrogens (tertiary/aromatic N) is 2. The minimum absolute atomic E-state index is 0.0484. The van der Waals surface area contributed by atoms with Gasteiger partial charge in [-0.1, -0.05) is 12.1 Å². The molecule has 0 saturated heterocycles. The highest BCUT2D eigenvalue weighted by Gasteiger charge is 2.17. The van der Waals surface area contributed by atoms with E-state index < -0.39 is 0 Å². The lowest BCUT2D eigenvalue weighted by molar-refractivity contribution is 0.0682. The second-order valence-electron chi connectivity index (χ2n) is 4.78. The molecule has 4 nitrogen and oxygen atoms in total. The van der Waals surface area contributed by atoms with Crippen LogP contribution in [-0.2, 0) is 0 Å². The highest BCUT2D eigenvalue weighted by molar-refractivity contribution is 7.09. The number of hydrogen-bond donors (Lipinski definition) is 1. The van der Waals surface area contributed by atoms with E-state index in [0.717, 1.165) is 16.3 Å². The maximum atomic E-state index is 12.3. The molecule has 2 rings (SSSR count). The summed E-state index contributed by atoms with van der Waals surface area (Å²) in [5.41, 5.74) is 2.43. The van der Waals surface area contributed by atoms with Crippen LogP contribution in [0.3, 0.4) is 0 Å². The van der Waals surface area contributed by atoms with E-state index in [-0.39, 0.29) is 18.6 Å². The highest BCUT2D eigenvalue weighted by Crippen LogP contribution is 2.23. The molecule has 0 saturated carbocycles. The molecule has 1 aromatic carbocycles. The molecule has 106 valence electrons. The molecule has 1 heterocycles. The van der Waals surface area contributed by atoms with E-state index in [1.807, 2.05) is 37.4 Å². The first kappa shape index (κ1) is 14.7. The fourth-order valence-electron chi connectivity index (χ4n) is 1.83. The molecule has 1 amide bonds. The number of aliphatic hydroxyl groups excluding tert-OH is 1. The fraction of sp³-hybridized carbons (Fsp3) is 0.333. The van der Waals surface area contributed by atoms with Gasteiger partial charge in [-0.3, -0.25) is 4.79 Å². The van der Waals surface area contributed by atoms with Gasteiger partial charge in [-0.25, -0.2) is 4.98 Å². The predicted octanol–water partition coefficient (Wildman–Crippen LogP) is 2.57. The Morgan fingerprint density at radius 3 is 2.85 bits per heavy atom. The molecule has 0 aliphatic carbocycles.